The number of carbonyl (C=O) groups excluding carboxylic acids is 1. The smallest absolute Gasteiger partial charge is 0.410 e. The molecule has 0 radical (unpaired) electrons. The van der Waals surface area contributed by atoms with Gasteiger partial charge in [0, 0.05) is 25.2 Å². The van der Waals surface area contributed by atoms with Crippen LogP contribution in [0.1, 0.15) is 46.5 Å². The molecule has 2 rings (SSSR count). The topological polar surface area (TPSA) is 41.6 Å². The van der Waals surface area contributed by atoms with E-state index in [2.05, 4.69) is 5.32 Å². The van der Waals surface area contributed by atoms with E-state index in [1.807, 2.05) is 37.4 Å². The number of carbonyl (C=O) groups is 1. The lowest BCUT2D eigenvalue weighted by molar-refractivity contribution is 0.0183. The molecule has 0 bridgehead atoms. The van der Waals surface area contributed by atoms with Crippen molar-refractivity contribution in [1.82, 2.24) is 10.2 Å². The molecule has 1 atom stereocenters. The lowest BCUT2D eigenvalue weighted by Gasteiger charge is -2.36. The molecule has 1 unspecified atom stereocenters. The largest absolute Gasteiger partial charge is 0.444 e. The van der Waals surface area contributed by atoms with E-state index in [9.17, 15) is 4.79 Å². The minimum Gasteiger partial charge on any atom is -0.444 e. The van der Waals surface area contributed by atoms with E-state index in [-0.39, 0.29) is 6.09 Å². The quantitative estimate of drug-likeness (QED) is 0.851. The average molecular weight is 300 g/mol. The molecule has 0 aliphatic carbocycles. The van der Waals surface area contributed by atoms with Gasteiger partial charge in [-0.15, -0.1) is 0 Å². The molecule has 2 heterocycles. The van der Waals surface area contributed by atoms with Crippen LogP contribution in [0.15, 0.2) is 0 Å². The fourth-order valence-corrected chi connectivity index (χ4v) is 3.91. The second kappa shape index (κ2) is 7.03. The van der Waals surface area contributed by atoms with Crippen molar-refractivity contribution in [3.8, 4) is 0 Å². The summed E-state index contributed by atoms with van der Waals surface area (Å²) in [7, 11) is 0. The average Bonchev–Trinajstić information content (AvgIpc) is 2.38. The summed E-state index contributed by atoms with van der Waals surface area (Å²) in [6.45, 7) is 7.38. The van der Waals surface area contributed by atoms with E-state index < -0.39 is 5.60 Å². The van der Waals surface area contributed by atoms with Gasteiger partial charge >= 0.3 is 6.09 Å². The van der Waals surface area contributed by atoms with Crippen molar-refractivity contribution in [1.29, 1.82) is 0 Å². The fraction of sp³-hybridized carbons (Fsp3) is 0.933. The molecule has 2 fully saturated rings. The Labute approximate surface area is 127 Å². The van der Waals surface area contributed by atoms with Crippen LogP contribution in [0.3, 0.4) is 0 Å². The summed E-state index contributed by atoms with van der Waals surface area (Å²) in [5.74, 6) is 2.53. The van der Waals surface area contributed by atoms with Crippen LogP contribution in [0.5, 0.6) is 0 Å². The molecule has 20 heavy (non-hydrogen) atoms. The summed E-state index contributed by atoms with van der Waals surface area (Å²) in [5, 5.41) is 3.74. The maximum Gasteiger partial charge on any atom is 0.410 e. The van der Waals surface area contributed by atoms with Gasteiger partial charge in [-0.25, -0.2) is 4.79 Å². The molecular weight excluding hydrogens is 272 g/mol. The van der Waals surface area contributed by atoms with Crippen molar-refractivity contribution in [2.75, 3.05) is 24.6 Å². The Hall–Kier alpha value is -0.420. The van der Waals surface area contributed by atoms with Crippen molar-refractivity contribution in [3.05, 3.63) is 0 Å². The zero-order valence-corrected chi connectivity index (χ0v) is 13.8. The summed E-state index contributed by atoms with van der Waals surface area (Å²) in [6.07, 6.45) is 4.59. The third-order valence-electron chi connectivity index (χ3n) is 3.77. The second-order valence-electron chi connectivity index (χ2n) is 6.82. The van der Waals surface area contributed by atoms with E-state index in [1.54, 1.807) is 0 Å². The molecule has 5 heteroatoms. The molecule has 0 aromatic rings. The number of nitrogens with zero attached hydrogens (tertiary/aromatic N) is 1. The number of hydrogen-bond donors (Lipinski definition) is 1. The maximum atomic E-state index is 12.1. The Bertz CT molecular complexity index is 324. The van der Waals surface area contributed by atoms with Crippen LogP contribution in [0.4, 0.5) is 4.79 Å². The summed E-state index contributed by atoms with van der Waals surface area (Å²) in [4.78, 5) is 14.0. The van der Waals surface area contributed by atoms with Crippen LogP contribution >= 0.6 is 11.8 Å². The van der Waals surface area contributed by atoms with Gasteiger partial charge in [-0.05, 0) is 58.0 Å². The van der Waals surface area contributed by atoms with Crippen molar-refractivity contribution in [2.45, 2.75) is 64.1 Å². The number of nitrogens with one attached hydrogen (secondary N) is 1. The Morgan fingerprint density at radius 1 is 1.20 bits per heavy atom. The predicted octanol–water partition coefficient (Wildman–Crippen LogP) is 2.87. The summed E-state index contributed by atoms with van der Waals surface area (Å²) >= 11 is 2.05. The summed E-state index contributed by atoms with van der Waals surface area (Å²) in [6, 6.07) is 1.07. The first-order valence-corrected chi connectivity index (χ1v) is 8.91. The maximum absolute atomic E-state index is 12.1. The number of piperidine rings is 1. The number of amides is 1. The third-order valence-corrected chi connectivity index (χ3v) is 4.81. The molecule has 1 N–H and O–H groups in total. The van der Waals surface area contributed by atoms with Crippen molar-refractivity contribution < 1.29 is 9.53 Å². The first kappa shape index (κ1) is 16.0. The lowest BCUT2D eigenvalue weighted by Crippen LogP contribution is -2.52. The zero-order valence-electron chi connectivity index (χ0n) is 13.0. The number of likely N-dealkylation sites (tertiary alicyclic amines) is 1. The van der Waals surface area contributed by atoms with Crippen molar-refractivity contribution in [2.24, 2.45) is 0 Å². The van der Waals surface area contributed by atoms with E-state index in [0.717, 1.165) is 19.5 Å². The number of thioether (sulfide) groups is 1. The Balaban J connectivity index is 1.80. The Morgan fingerprint density at radius 2 is 1.90 bits per heavy atom. The molecule has 116 valence electrons. The van der Waals surface area contributed by atoms with E-state index >= 15 is 0 Å². The minimum absolute atomic E-state index is 0.164. The van der Waals surface area contributed by atoms with Gasteiger partial charge < -0.3 is 15.0 Å². The Kier molecular flexibility index (Phi) is 5.61. The third kappa shape index (κ3) is 5.17. The van der Waals surface area contributed by atoms with Gasteiger partial charge in [-0.1, -0.05) is 0 Å². The van der Waals surface area contributed by atoms with Gasteiger partial charge in [0.1, 0.15) is 5.60 Å². The summed E-state index contributed by atoms with van der Waals surface area (Å²) in [5.41, 5.74) is -0.405. The van der Waals surface area contributed by atoms with Gasteiger partial charge in [0.05, 0.1) is 0 Å². The fourth-order valence-electron chi connectivity index (χ4n) is 2.80. The molecular formula is C15H28N2O2S. The molecule has 0 saturated carbocycles. The molecule has 2 aliphatic rings. The predicted molar refractivity (Wildman–Crippen MR) is 84.3 cm³/mol. The van der Waals surface area contributed by atoms with Crippen LogP contribution in [0.2, 0.25) is 0 Å². The highest BCUT2D eigenvalue weighted by atomic mass is 32.2. The van der Waals surface area contributed by atoms with Crippen molar-refractivity contribution in [3.63, 3.8) is 0 Å². The minimum atomic E-state index is -0.405. The molecule has 0 aromatic carbocycles. The van der Waals surface area contributed by atoms with E-state index in [1.165, 1.54) is 30.8 Å². The molecule has 0 spiro atoms. The molecule has 1 amide bonds. The van der Waals surface area contributed by atoms with E-state index in [4.69, 9.17) is 4.74 Å². The monoisotopic (exact) mass is 300 g/mol. The van der Waals surface area contributed by atoms with Gasteiger partial charge in [0.2, 0.25) is 0 Å². The zero-order chi connectivity index (χ0) is 14.6. The first-order valence-electron chi connectivity index (χ1n) is 7.76. The molecule has 2 saturated heterocycles. The van der Waals surface area contributed by atoms with Gasteiger partial charge in [-0.3, -0.25) is 0 Å². The first-order chi connectivity index (χ1) is 9.44. The van der Waals surface area contributed by atoms with Gasteiger partial charge in [-0.2, -0.15) is 11.8 Å². The number of hydrogen-bond acceptors (Lipinski definition) is 4. The standard InChI is InChI=1S/C15H28N2O2S/c1-15(2,3)19-14(18)17-8-4-5-13(11-17)16-12-6-9-20-10-7-12/h12-13,16H,4-11H2,1-3H3. The highest BCUT2D eigenvalue weighted by molar-refractivity contribution is 7.99. The normalized spacial score (nSPS) is 25.6. The molecule has 4 nitrogen and oxygen atoms in total. The van der Waals surface area contributed by atoms with Crippen molar-refractivity contribution >= 4 is 17.9 Å². The van der Waals surface area contributed by atoms with E-state index in [0.29, 0.717) is 12.1 Å². The second-order valence-corrected chi connectivity index (χ2v) is 8.04. The Morgan fingerprint density at radius 3 is 2.55 bits per heavy atom. The van der Waals surface area contributed by atoms with Crippen LogP contribution in [-0.4, -0.2) is 53.3 Å². The van der Waals surface area contributed by atoms with Crippen LogP contribution < -0.4 is 5.32 Å². The van der Waals surface area contributed by atoms with Gasteiger partial charge in [0.25, 0.3) is 0 Å². The molecule has 2 aliphatic heterocycles. The summed E-state index contributed by atoms with van der Waals surface area (Å²) < 4.78 is 5.47. The van der Waals surface area contributed by atoms with Crippen LogP contribution in [-0.2, 0) is 4.74 Å². The number of ether oxygens (including phenoxy) is 1. The highest BCUT2D eigenvalue weighted by Gasteiger charge is 2.28. The van der Waals surface area contributed by atoms with Crippen LogP contribution in [0.25, 0.3) is 0 Å². The molecule has 0 aromatic heterocycles. The highest BCUT2D eigenvalue weighted by Crippen LogP contribution is 2.20. The van der Waals surface area contributed by atoms with Crippen LogP contribution in [0, 0.1) is 0 Å². The van der Waals surface area contributed by atoms with Gasteiger partial charge in [0.15, 0.2) is 0 Å². The SMILES string of the molecule is CC(C)(C)OC(=O)N1CCCC(NC2CCSCC2)C1. The lowest BCUT2D eigenvalue weighted by atomic mass is 10.0. The number of rotatable bonds is 2.